The molecule has 1 aliphatic rings. The second kappa shape index (κ2) is 5.16. The van der Waals surface area contributed by atoms with Crippen LogP contribution >= 0.6 is 11.3 Å². The van der Waals surface area contributed by atoms with Gasteiger partial charge in [-0.1, -0.05) is 11.3 Å². The lowest BCUT2D eigenvalue weighted by Gasteiger charge is -2.20. The van der Waals surface area contributed by atoms with E-state index in [1.165, 1.54) is 11.3 Å². The molecule has 0 atom stereocenters. The highest BCUT2D eigenvalue weighted by atomic mass is 32.1. The van der Waals surface area contributed by atoms with Crippen molar-refractivity contribution in [2.24, 2.45) is 0 Å². The molecule has 3 amide bonds. The highest BCUT2D eigenvalue weighted by Crippen LogP contribution is 2.25. The quantitative estimate of drug-likeness (QED) is 0.733. The van der Waals surface area contributed by atoms with Gasteiger partial charge < -0.3 is 10.6 Å². The summed E-state index contributed by atoms with van der Waals surface area (Å²) in [6, 6.07) is -0.309. The molecule has 0 saturated carbocycles. The monoisotopic (exact) mass is 282 g/mol. The number of urea groups is 1. The molecule has 0 aromatic carbocycles. The van der Waals surface area contributed by atoms with Crippen molar-refractivity contribution in [3.63, 3.8) is 0 Å². The van der Waals surface area contributed by atoms with Crippen LogP contribution in [0.2, 0.25) is 0 Å². The Kier molecular flexibility index (Phi) is 3.75. The number of nitrogens with one attached hydrogen (secondary N) is 3. The van der Waals surface area contributed by atoms with Crippen molar-refractivity contribution in [1.82, 2.24) is 15.6 Å². The topological polar surface area (TPSA) is 83.1 Å². The molecule has 2 heterocycles. The van der Waals surface area contributed by atoms with Crippen LogP contribution < -0.4 is 16.0 Å². The van der Waals surface area contributed by atoms with Gasteiger partial charge in [-0.25, -0.2) is 9.78 Å². The zero-order valence-corrected chi connectivity index (χ0v) is 12.1. The third-order valence-corrected chi connectivity index (χ3v) is 3.50. The average molecular weight is 282 g/mol. The molecule has 0 saturated heterocycles. The number of rotatable bonds is 1. The van der Waals surface area contributed by atoms with E-state index in [4.69, 9.17) is 0 Å². The minimum Gasteiger partial charge on any atom is -0.351 e. The highest BCUT2D eigenvalue weighted by Gasteiger charge is 2.22. The first-order chi connectivity index (χ1) is 8.85. The maximum atomic E-state index is 11.8. The number of thiazole rings is 1. The summed E-state index contributed by atoms with van der Waals surface area (Å²) in [7, 11) is 0. The molecule has 0 unspecified atom stereocenters. The van der Waals surface area contributed by atoms with E-state index in [0.717, 1.165) is 18.5 Å². The van der Waals surface area contributed by atoms with Gasteiger partial charge in [-0.15, -0.1) is 0 Å². The third-order valence-electron chi connectivity index (χ3n) is 2.49. The Morgan fingerprint density at radius 2 is 2.16 bits per heavy atom. The van der Waals surface area contributed by atoms with Gasteiger partial charge in [0.25, 0.3) is 5.91 Å². The summed E-state index contributed by atoms with van der Waals surface area (Å²) in [6.07, 6.45) is 1.63. The van der Waals surface area contributed by atoms with Crippen LogP contribution in [0.1, 0.15) is 42.6 Å². The summed E-state index contributed by atoms with van der Waals surface area (Å²) in [5.41, 5.74) is 0.460. The van der Waals surface area contributed by atoms with Crippen molar-refractivity contribution in [1.29, 1.82) is 0 Å². The minimum atomic E-state index is -0.310. The van der Waals surface area contributed by atoms with Crippen molar-refractivity contribution >= 4 is 28.4 Å². The van der Waals surface area contributed by atoms with Gasteiger partial charge in [0.15, 0.2) is 5.13 Å². The van der Waals surface area contributed by atoms with Crippen LogP contribution in [-0.4, -0.2) is 29.0 Å². The van der Waals surface area contributed by atoms with E-state index in [1.54, 1.807) is 0 Å². The van der Waals surface area contributed by atoms with Crippen LogP contribution in [-0.2, 0) is 6.42 Å². The van der Waals surface area contributed by atoms with E-state index < -0.39 is 0 Å². The SMILES string of the molecule is CC(C)(C)NC(=O)Nc1nc2c(s1)C(=O)NCCC2. The van der Waals surface area contributed by atoms with Crippen LogP contribution in [0.4, 0.5) is 9.93 Å². The second-order valence-corrected chi connectivity index (χ2v) is 6.48. The molecule has 1 aromatic heterocycles. The zero-order valence-electron chi connectivity index (χ0n) is 11.3. The summed E-state index contributed by atoms with van der Waals surface area (Å²) in [5, 5.41) is 8.73. The molecule has 3 N–H and O–H groups in total. The first kappa shape index (κ1) is 13.8. The summed E-state index contributed by atoms with van der Waals surface area (Å²) in [5.74, 6) is -0.103. The molecule has 104 valence electrons. The van der Waals surface area contributed by atoms with E-state index >= 15 is 0 Å². The van der Waals surface area contributed by atoms with Crippen molar-refractivity contribution in [2.75, 3.05) is 11.9 Å². The summed E-state index contributed by atoms with van der Waals surface area (Å²) in [4.78, 5) is 28.4. The van der Waals surface area contributed by atoms with Crippen molar-refractivity contribution in [3.8, 4) is 0 Å². The molecular weight excluding hydrogens is 264 g/mol. The van der Waals surface area contributed by atoms with Crippen molar-refractivity contribution in [2.45, 2.75) is 39.2 Å². The minimum absolute atomic E-state index is 0.103. The normalized spacial score (nSPS) is 15.2. The maximum Gasteiger partial charge on any atom is 0.321 e. The Bertz CT molecular complexity index is 504. The molecule has 0 fully saturated rings. The first-order valence-corrected chi connectivity index (χ1v) is 7.04. The number of hydrogen-bond acceptors (Lipinski definition) is 4. The molecule has 6 nitrogen and oxygen atoms in total. The van der Waals surface area contributed by atoms with E-state index in [0.29, 0.717) is 16.6 Å². The van der Waals surface area contributed by atoms with Crippen molar-refractivity contribution < 1.29 is 9.59 Å². The number of carbonyl (C=O) groups is 2. The fraction of sp³-hybridized carbons (Fsp3) is 0.583. The molecule has 2 rings (SSSR count). The van der Waals surface area contributed by atoms with Gasteiger partial charge in [0.1, 0.15) is 4.88 Å². The van der Waals surface area contributed by atoms with E-state index in [-0.39, 0.29) is 17.5 Å². The third kappa shape index (κ3) is 3.66. The average Bonchev–Trinajstić information content (AvgIpc) is 2.57. The Labute approximate surface area is 116 Å². The molecule has 19 heavy (non-hydrogen) atoms. The first-order valence-electron chi connectivity index (χ1n) is 6.22. The van der Waals surface area contributed by atoms with E-state index in [9.17, 15) is 9.59 Å². The van der Waals surface area contributed by atoms with Crippen molar-refractivity contribution in [3.05, 3.63) is 10.6 Å². The number of hydrogen-bond donors (Lipinski definition) is 3. The number of amides is 3. The second-order valence-electron chi connectivity index (χ2n) is 5.48. The predicted molar refractivity (Wildman–Crippen MR) is 74.7 cm³/mol. The van der Waals surface area contributed by atoms with E-state index in [1.807, 2.05) is 20.8 Å². The number of nitrogens with zero attached hydrogens (tertiary/aromatic N) is 1. The zero-order chi connectivity index (χ0) is 14.0. The number of fused-ring (bicyclic) bond motifs is 1. The number of aromatic nitrogens is 1. The molecule has 1 aliphatic heterocycles. The number of carbonyl (C=O) groups excluding carboxylic acids is 2. The highest BCUT2D eigenvalue weighted by molar-refractivity contribution is 7.17. The Hall–Kier alpha value is -1.63. The molecule has 1 aromatic rings. The van der Waals surface area contributed by atoms with Gasteiger partial charge in [-0.05, 0) is 33.6 Å². The molecule has 0 radical (unpaired) electrons. The van der Waals surface area contributed by atoms with Crippen LogP contribution in [0.25, 0.3) is 0 Å². The fourth-order valence-corrected chi connectivity index (χ4v) is 2.68. The van der Waals surface area contributed by atoms with Crippen LogP contribution in [0, 0.1) is 0 Å². The van der Waals surface area contributed by atoms with Gasteiger partial charge >= 0.3 is 6.03 Å². The molecule has 0 spiro atoms. The molecule has 0 aliphatic carbocycles. The Balaban J connectivity index is 2.09. The fourth-order valence-electron chi connectivity index (χ4n) is 1.76. The number of aryl methyl sites for hydroxylation is 1. The maximum absolute atomic E-state index is 11.8. The van der Waals surface area contributed by atoms with Gasteiger partial charge in [0.05, 0.1) is 5.69 Å². The number of anilines is 1. The van der Waals surface area contributed by atoms with Gasteiger partial charge in [-0.2, -0.15) is 0 Å². The largest absolute Gasteiger partial charge is 0.351 e. The lowest BCUT2D eigenvalue weighted by Crippen LogP contribution is -2.43. The van der Waals surface area contributed by atoms with Gasteiger partial charge in [0.2, 0.25) is 0 Å². The van der Waals surface area contributed by atoms with E-state index in [2.05, 4.69) is 20.9 Å². The van der Waals surface area contributed by atoms with Gasteiger partial charge in [0, 0.05) is 12.1 Å². The molecule has 7 heteroatoms. The molecular formula is C12H18N4O2S. The smallest absolute Gasteiger partial charge is 0.321 e. The van der Waals surface area contributed by atoms with Crippen LogP contribution in [0.3, 0.4) is 0 Å². The Morgan fingerprint density at radius 3 is 2.84 bits per heavy atom. The standard InChI is InChI=1S/C12H18N4O2S/c1-12(2,3)16-10(18)15-11-14-7-5-4-6-13-9(17)8(7)19-11/h4-6H2,1-3H3,(H,13,17)(H2,14,15,16,18). The summed E-state index contributed by atoms with van der Waals surface area (Å²) in [6.45, 7) is 6.38. The van der Waals surface area contributed by atoms with Crippen LogP contribution in [0.15, 0.2) is 0 Å². The van der Waals surface area contributed by atoms with Crippen LogP contribution in [0.5, 0.6) is 0 Å². The molecule has 0 bridgehead atoms. The Morgan fingerprint density at radius 1 is 1.42 bits per heavy atom. The predicted octanol–water partition coefficient (Wildman–Crippen LogP) is 1.74. The lowest BCUT2D eigenvalue weighted by atomic mass is 10.1. The summed E-state index contributed by atoms with van der Waals surface area (Å²) >= 11 is 1.22. The van der Waals surface area contributed by atoms with Gasteiger partial charge in [-0.3, -0.25) is 10.1 Å². The lowest BCUT2D eigenvalue weighted by molar-refractivity contribution is 0.0960. The summed E-state index contributed by atoms with van der Waals surface area (Å²) < 4.78 is 0.